The molecule has 0 aliphatic rings. The number of carbonyl (C=O) groups excluding carboxylic acids is 3. The van der Waals surface area contributed by atoms with Crippen LogP contribution in [0.3, 0.4) is 0 Å². The molecule has 240 valence electrons. The lowest BCUT2D eigenvalue weighted by Crippen LogP contribution is -2.30. The Morgan fingerprint density at radius 3 is 2.12 bits per heavy atom. The number of hydrogen-bond acceptors (Lipinski definition) is 5. The first kappa shape index (κ1) is 33.7. The highest BCUT2D eigenvalue weighted by molar-refractivity contribution is 8.00. The van der Waals surface area contributed by atoms with Crippen molar-refractivity contribution in [1.29, 1.82) is 0 Å². The predicted octanol–water partition coefficient (Wildman–Crippen LogP) is 8.23. The third kappa shape index (κ3) is 9.00. The van der Waals surface area contributed by atoms with Crippen LogP contribution in [0.15, 0.2) is 138 Å². The molecule has 5 aromatic carbocycles. The lowest BCUT2D eigenvalue weighted by molar-refractivity contribution is -0.116. The zero-order valence-corrected chi connectivity index (χ0v) is 27.2. The average Bonchev–Trinajstić information content (AvgIpc) is 3.09. The van der Waals surface area contributed by atoms with E-state index in [0.717, 1.165) is 11.1 Å². The molecule has 0 radical (unpaired) electrons. The summed E-state index contributed by atoms with van der Waals surface area (Å²) in [5, 5.41) is 17.2. The van der Waals surface area contributed by atoms with Gasteiger partial charge < -0.3 is 21.1 Å². The lowest BCUT2D eigenvalue weighted by atomic mass is 10.1. The van der Waals surface area contributed by atoms with E-state index in [0.29, 0.717) is 21.7 Å². The van der Waals surface area contributed by atoms with Gasteiger partial charge in [0.25, 0.3) is 11.8 Å². The lowest BCUT2D eigenvalue weighted by Gasteiger charge is -2.18. The van der Waals surface area contributed by atoms with Crippen LogP contribution in [0.5, 0.6) is 0 Å². The molecule has 0 aliphatic heterocycles. The van der Waals surface area contributed by atoms with Crippen LogP contribution in [0.1, 0.15) is 42.7 Å². The second-order valence-electron chi connectivity index (χ2n) is 10.7. The molecule has 0 aliphatic carbocycles. The molecule has 8 nitrogen and oxygen atoms in total. The summed E-state index contributed by atoms with van der Waals surface area (Å²) in [5.41, 5.74) is 3.54. The van der Waals surface area contributed by atoms with Gasteiger partial charge in [0.2, 0.25) is 5.91 Å². The smallest absolute Gasteiger partial charge is 0.335 e. The number of carboxylic acid groups (broad SMARTS) is 1. The Morgan fingerprint density at radius 2 is 1.44 bits per heavy atom. The maximum atomic E-state index is 13.7. The average molecular weight is 676 g/mol. The SMILES string of the molecule is Cc1ccc(/C=C(\NC(=O)c2ccccc2)C(=O)Nc2cccc(SC(C(=O)Nc3cc(C(=O)O)ccc3Cl)c3ccccc3)c2)cc1. The summed E-state index contributed by atoms with van der Waals surface area (Å²) >= 11 is 7.53. The number of aryl methyl sites for hydroxylation is 1. The molecule has 0 spiro atoms. The molecule has 0 saturated heterocycles. The fourth-order valence-electron chi connectivity index (χ4n) is 4.61. The highest BCUT2D eigenvalue weighted by atomic mass is 35.5. The number of thioether (sulfide) groups is 1. The fraction of sp³-hybridized carbons (Fsp3) is 0.0526. The van der Waals surface area contributed by atoms with Crippen molar-refractivity contribution < 1.29 is 24.3 Å². The number of hydrogen-bond donors (Lipinski definition) is 4. The Labute approximate surface area is 286 Å². The van der Waals surface area contributed by atoms with Gasteiger partial charge in [-0.2, -0.15) is 0 Å². The molecule has 1 unspecified atom stereocenters. The second-order valence-corrected chi connectivity index (χ2v) is 12.3. The third-order valence-corrected chi connectivity index (χ3v) is 8.65. The Hall–Kier alpha value is -5.64. The van der Waals surface area contributed by atoms with Gasteiger partial charge in [-0.15, -0.1) is 11.8 Å². The monoisotopic (exact) mass is 675 g/mol. The number of nitrogens with one attached hydrogen (secondary N) is 3. The number of rotatable bonds is 11. The molecular formula is C38H30ClN3O5S. The van der Waals surface area contributed by atoms with Crippen LogP contribution in [0.25, 0.3) is 6.08 Å². The Balaban J connectivity index is 1.38. The maximum Gasteiger partial charge on any atom is 0.335 e. The van der Waals surface area contributed by atoms with E-state index in [-0.39, 0.29) is 22.0 Å². The van der Waals surface area contributed by atoms with E-state index in [9.17, 15) is 24.3 Å². The summed E-state index contributed by atoms with van der Waals surface area (Å²) in [6.45, 7) is 1.96. The first-order chi connectivity index (χ1) is 23.2. The van der Waals surface area contributed by atoms with Crippen molar-refractivity contribution in [2.75, 3.05) is 10.6 Å². The van der Waals surface area contributed by atoms with Crippen LogP contribution >= 0.6 is 23.4 Å². The van der Waals surface area contributed by atoms with Crippen LogP contribution in [-0.2, 0) is 9.59 Å². The quantitative estimate of drug-likeness (QED) is 0.0826. The molecule has 3 amide bonds. The van der Waals surface area contributed by atoms with E-state index in [4.69, 9.17) is 11.6 Å². The van der Waals surface area contributed by atoms with Crippen molar-refractivity contribution in [3.63, 3.8) is 0 Å². The van der Waals surface area contributed by atoms with Crippen molar-refractivity contribution in [3.05, 3.63) is 166 Å². The summed E-state index contributed by atoms with van der Waals surface area (Å²) in [7, 11) is 0. The summed E-state index contributed by atoms with van der Waals surface area (Å²) in [6.07, 6.45) is 1.61. The van der Waals surface area contributed by atoms with E-state index < -0.39 is 28.9 Å². The summed E-state index contributed by atoms with van der Waals surface area (Å²) < 4.78 is 0. The molecule has 0 bridgehead atoms. The van der Waals surface area contributed by atoms with Crippen molar-refractivity contribution in [2.24, 2.45) is 0 Å². The molecular weight excluding hydrogens is 646 g/mol. The molecule has 0 heterocycles. The normalized spacial score (nSPS) is 11.7. The number of anilines is 2. The number of halogens is 1. The maximum absolute atomic E-state index is 13.7. The van der Waals surface area contributed by atoms with Crippen LogP contribution in [0.2, 0.25) is 5.02 Å². The Morgan fingerprint density at radius 1 is 0.750 bits per heavy atom. The summed E-state index contributed by atoms with van der Waals surface area (Å²) in [4.78, 5) is 52.5. The number of carbonyl (C=O) groups is 4. The molecule has 0 aromatic heterocycles. The first-order valence-corrected chi connectivity index (χ1v) is 16.0. The van der Waals surface area contributed by atoms with Crippen molar-refractivity contribution in [2.45, 2.75) is 17.1 Å². The van der Waals surface area contributed by atoms with Crippen LogP contribution in [0.4, 0.5) is 11.4 Å². The molecule has 10 heteroatoms. The molecule has 0 saturated carbocycles. The zero-order valence-electron chi connectivity index (χ0n) is 25.6. The summed E-state index contributed by atoms with van der Waals surface area (Å²) in [5.74, 6) is -2.53. The predicted molar refractivity (Wildman–Crippen MR) is 190 cm³/mol. The van der Waals surface area contributed by atoms with Gasteiger partial charge in [-0.05, 0) is 72.7 Å². The number of aromatic carboxylic acids is 1. The van der Waals surface area contributed by atoms with Gasteiger partial charge in [-0.1, -0.05) is 96.0 Å². The van der Waals surface area contributed by atoms with E-state index >= 15 is 0 Å². The first-order valence-electron chi connectivity index (χ1n) is 14.8. The van der Waals surface area contributed by atoms with Crippen LogP contribution in [0, 0.1) is 6.92 Å². The van der Waals surface area contributed by atoms with Gasteiger partial charge >= 0.3 is 5.97 Å². The highest BCUT2D eigenvalue weighted by Gasteiger charge is 2.24. The van der Waals surface area contributed by atoms with E-state index in [1.165, 1.54) is 30.0 Å². The molecule has 0 fully saturated rings. The van der Waals surface area contributed by atoms with Gasteiger partial charge in [-0.25, -0.2) is 4.79 Å². The van der Waals surface area contributed by atoms with Crippen molar-refractivity contribution >= 4 is 64.5 Å². The Bertz CT molecular complexity index is 1980. The molecule has 48 heavy (non-hydrogen) atoms. The Kier molecular flexibility index (Phi) is 11.1. The standard InChI is InChI=1S/C38H30ClN3O5S/c1-24-15-17-25(18-16-24)21-33(42-35(43)27-11-6-3-7-12-27)36(44)40-29-13-8-14-30(23-29)48-34(26-9-4-2-5-10-26)37(45)41-32-22-28(38(46)47)19-20-31(32)39/h2-23,34H,1H3,(H,40,44)(H,41,45)(H,42,43)(H,46,47)/b33-21-. The minimum Gasteiger partial charge on any atom is -0.478 e. The summed E-state index contributed by atoms with van der Waals surface area (Å²) in [6, 6.07) is 36.3. The topological polar surface area (TPSA) is 125 Å². The van der Waals surface area contributed by atoms with Gasteiger partial charge in [-0.3, -0.25) is 14.4 Å². The number of amides is 3. The number of carboxylic acids is 1. The number of benzene rings is 5. The van der Waals surface area contributed by atoms with Gasteiger partial charge in [0.15, 0.2) is 0 Å². The minimum atomic E-state index is -1.15. The van der Waals surface area contributed by atoms with E-state index in [1.807, 2.05) is 67.6 Å². The van der Waals surface area contributed by atoms with Crippen LogP contribution in [-0.4, -0.2) is 28.8 Å². The second kappa shape index (κ2) is 15.8. The highest BCUT2D eigenvalue weighted by Crippen LogP contribution is 2.38. The van der Waals surface area contributed by atoms with Crippen molar-refractivity contribution in [1.82, 2.24) is 5.32 Å². The third-order valence-electron chi connectivity index (χ3n) is 7.07. The molecule has 4 N–H and O–H groups in total. The van der Waals surface area contributed by atoms with Gasteiger partial charge in [0, 0.05) is 16.1 Å². The molecule has 1 atom stereocenters. The van der Waals surface area contributed by atoms with Crippen molar-refractivity contribution in [3.8, 4) is 0 Å². The minimum absolute atomic E-state index is 0.0159. The fourth-order valence-corrected chi connectivity index (χ4v) is 5.85. The van der Waals surface area contributed by atoms with Crippen LogP contribution < -0.4 is 16.0 Å². The largest absolute Gasteiger partial charge is 0.478 e. The van der Waals surface area contributed by atoms with Gasteiger partial charge in [0.05, 0.1) is 16.3 Å². The molecule has 5 aromatic rings. The zero-order chi connectivity index (χ0) is 34.0. The van der Waals surface area contributed by atoms with E-state index in [2.05, 4.69) is 16.0 Å². The van der Waals surface area contributed by atoms with E-state index in [1.54, 1.807) is 54.6 Å². The van der Waals surface area contributed by atoms with Gasteiger partial charge in [0.1, 0.15) is 10.9 Å². The molecule has 5 rings (SSSR count).